The summed E-state index contributed by atoms with van der Waals surface area (Å²) < 4.78 is 6.34. The summed E-state index contributed by atoms with van der Waals surface area (Å²) in [5.41, 5.74) is 4.80. The molecule has 27 heavy (non-hydrogen) atoms. The van der Waals surface area contributed by atoms with Gasteiger partial charge in [-0.1, -0.05) is 19.4 Å². The lowest BCUT2D eigenvalue weighted by molar-refractivity contribution is -0.114. The third-order valence-corrected chi connectivity index (χ3v) is 4.78. The van der Waals surface area contributed by atoms with Gasteiger partial charge in [-0.2, -0.15) is 0 Å². The van der Waals surface area contributed by atoms with E-state index in [1.54, 1.807) is 6.08 Å². The smallest absolute Gasteiger partial charge is 0.330 e. The summed E-state index contributed by atoms with van der Waals surface area (Å²) >= 11 is 1.49. The number of nitrogens with two attached hydrogens (primary N) is 1. The van der Waals surface area contributed by atoms with Crippen molar-refractivity contribution >= 4 is 34.8 Å². The largest absolute Gasteiger partial charge is 0.383 e. The van der Waals surface area contributed by atoms with Crippen LogP contribution in [0.15, 0.2) is 33.2 Å². The van der Waals surface area contributed by atoms with Gasteiger partial charge in [0, 0.05) is 31.2 Å². The molecule has 0 saturated carbocycles. The Kier molecular flexibility index (Phi) is 7.56. The van der Waals surface area contributed by atoms with Crippen molar-refractivity contribution in [3.05, 3.63) is 49.3 Å². The summed E-state index contributed by atoms with van der Waals surface area (Å²) in [5, 5.41) is 1.90. The van der Waals surface area contributed by atoms with E-state index in [-0.39, 0.29) is 24.7 Å². The lowest BCUT2D eigenvalue weighted by atomic mass is 10.3. The molecule has 0 unspecified atom stereocenters. The van der Waals surface area contributed by atoms with E-state index in [1.807, 2.05) is 24.4 Å². The van der Waals surface area contributed by atoms with Gasteiger partial charge in [0.2, 0.25) is 0 Å². The molecule has 9 heteroatoms. The molecule has 3 N–H and O–H groups in total. The molecule has 0 radical (unpaired) electrons. The third-order valence-electron chi connectivity index (χ3n) is 3.94. The number of carbonyl (C=O) groups excluding carboxylic acids is 1. The molecule has 1 amide bonds. The van der Waals surface area contributed by atoms with Gasteiger partial charge in [-0.25, -0.2) is 4.79 Å². The van der Waals surface area contributed by atoms with Crippen molar-refractivity contribution < 1.29 is 9.53 Å². The van der Waals surface area contributed by atoms with Crippen LogP contribution in [0.2, 0.25) is 0 Å². The second-order valence-electron chi connectivity index (χ2n) is 5.83. The van der Waals surface area contributed by atoms with Gasteiger partial charge in [0.05, 0.1) is 6.61 Å². The van der Waals surface area contributed by atoms with Crippen LogP contribution in [0.1, 0.15) is 24.6 Å². The molecule has 0 aromatic carbocycles. The highest BCUT2D eigenvalue weighted by Gasteiger charge is 2.22. The molecule has 8 nitrogen and oxygen atoms in total. The molecule has 0 fully saturated rings. The van der Waals surface area contributed by atoms with E-state index in [0.29, 0.717) is 6.54 Å². The number of nitrogens with one attached hydrogen (secondary N) is 1. The minimum absolute atomic E-state index is 0.0221. The number of ether oxygens (including phenoxy) is 1. The Morgan fingerprint density at radius 2 is 2.22 bits per heavy atom. The molecule has 0 spiro atoms. The Morgan fingerprint density at radius 3 is 2.85 bits per heavy atom. The molecule has 0 bridgehead atoms. The summed E-state index contributed by atoms with van der Waals surface area (Å²) in [5.74, 6) is -0.440. The highest BCUT2D eigenvalue weighted by Crippen LogP contribution is 2.18. The number of anilines is 2. The molecule has 2 rings (SSSR count). The fraction of sp³-hybridized carbons (Fsp3) is 0.389. The number of amides is 1. The number of hydrogen-bond donors (Lipinski definition) is 2. The number of aromatic nitrogens is 2. The topological polar surface area (TPSA) is 110 Å². The number of H-pyrrole nitrogens is 1. The van der Waals surface area contributed by atoms with Crippen LogP contribution in [0.3, 0.4) is 0 Å². The molecule has 2 heterocycles. The van der Waals surface area contributed by atoms with Crippen LogP contribution in [0.5, 0.6) is 0 Å². The van der Waals surface area contributed by atoms with Crippen molar-refractivity contribution in [2.24, 2.45) is 0 Å². The first-order chi connectivity index (χ1) is 13.0. The maximum absolute atomic E-state index is 12.8. The first-order valence-corrected chi connectivity index (χ1v) is 9.52. The van der Waals surface area contributed by atoms with Crippen LogP contribution in [0.25, 0.3) is 6.08 Å². The number of nitrogen functional groups attached to an aromatic ring is 1. The minimum Gasteiger partial charge on any atom is -0.383 e. The van der Waals surface area contributed by atoms with Gasteiger partial charge in [-0.05, 0) is 23.9 Å². The summed E-state index contributed by atoms with van der Waals surface area (Å²) in [6.45, 7) is 2.69. The summed E-state index contributed by atoms with van der Waals surface area (Å²) in [6.07, 6.45) is 4.63. The lowest BCUT2D eigenvalue weighted by Crippen LogP contribution is -2.42. The zero-order valence-electron chi connectivity index (χ0n) is 15.4. The molecule has 146 valence electrons. The maximum Gasteiger partial charge on any atom is 0.330 e. The van der Waals surface area contributed by atoms with E-state index in [2.05, 4.69) is 4.98 Å². The molecular weight excluding hydrogens is 368 g/mol. The van der Waals surface area contributed by atoms with Crippen LogP contribution in [0.4, 0.5) is 11.5 Å². The number of nitrogens with zero attached hydrogens (tertiary/aromatic N) is 2. The van der Waals surface area contributed by atoms with Gasteiger partial charge in [0.25, 0.3) is 11.5 Å². The fourth-order valence-electron chi connectivity index (χ4n) is 2.52. The first kappa shape index (κ1) is 20.7. The number of thiophene rings is 1. The van der Waals surface area contributed by atoms with Crippen LogP contribution in [-0.2, 0) is 16.1 Å². The zero-order valence-corrected chi connectivity index (χ0v) is 16.3. The monoisotopic (exact) mass is 392 g/mol. The summed E-state index contributed by atoms with van der Waals surface area (Å²) in [6, 6.07) is 3.75. The van der Waals surface area contributed by atoms with Crippen molar-refractivity contribution in [2.45, 2.75) is 26.3 Å². The quantitative estimate of drug-likeness (QED) is 0.631. The first-order valence-electron chi connectivity index (χ1n) is 8.64. The predicted octanol–water partition coefficient (Wildman–Crippen LogP) is 1.67. The predicted molar refractivity (Wildman–Crippen MR) is 108 cm³/mol. The fourth-order valence-corrected chi connectivity index (χ4v) is 3.14. The molecule has 2 aromatic heterocycles. The number of aromatic amines is 1. The van der Waals surface area contributed by atoms with Crippen molar-refractivity contribution in [1.82, 2.24) is 9.55 Å². The van der Waals surface area contributed by atoms with E-state index in [0.717, 1.165) is 17.7 Å². The van der Waals surface area contributed by atoms with Gasteiger partial charge in [0.1, 0.15) is 5.82 Å². The molecular formula is C18H24N4O4S. The average Bonchev–Trinajstić information content (AvgIpc) is 3.15. The summed E-state index contributed by atoms with van der Waals surface area (Å²) in [7, 11) is 1.50. The van der Waals surface area contributed by atoms with Gasteiger partial charge in [-0.3, -0.25) is 24.0 Å². The molecule has 0 aliphatic rings. The Labute approximate surface area is 160 Å². The van der Waals surface area contributed by atoms with E-state index in [9.17, 15) is 14.4 Å². The van der Waals surface area contributed by atoms with E-state index in [4.69, 9.17) is 10.5 Å². The Bertz CT molecular complexity index is 899. The van der Waals surface area contributed by atoms with Crippen LogP contribution < -0.4 is 21.9 Å². The number of methoxy groups -OCH3 is 1. The number of hydrogen-bond acceptors (Lipinski definition) is 6. The highest BCUT2D eigenvalue weighted by molar-refractivity contribution is 7.10. The number of carbonyl (C=O) groups is 1. The van der Waals surface area contributed by atoms with E-state index < -0.39 is 17.2 Å². The van der Waals surface area contributed by atoms with E-state index in [1.165, 1.54) is 34.0 Å². The van der Waals surface area contributed by atoms with Gasteiger partial charge in [0.15, 0.2) is 5.69 Å². The lowest BCUT2D eigenvalue weighted by Gasteiger charge is -2.23. The SMILES string of the molecule is CCCCn1c(N)c(N(CCOC)C(=O)/C=C/c2cccs2)c(=O)[nH]c1=O. The molecule has 0 aliphatic carbocycles. The molecule has 0 atom stereocenters. The second-order valence-corrected chi connectivity index (χ2v) is 6.81. The van der Waals surface area contributed by atoms with Crippen molar-refractivity contribution in [2.75, 3.05) is 30.9 Å². The van der Waals surface area contributed by atoms with Gasteiger partial charge in [-0.15, -0.1) is 11.3 Å². The van der Waals surface area contributed by atoms with Gasteiger partial charge >= 0.3 is 5.69 Å². The van der Waals surface area contributed by atoms with Gasteiger partial charge < -0.3 is 10.5 Å². The second kappa shape index (κ2) is 9.89. The van der Waals surface area contributed by atoms with E-state index >= 15 is 0 Å². The number of rotatable bonds is 9. The molecule has 0 saturated heterocycles. The Morgan fingerprint density at radius 1 is 1.44 bits per heavy atom. The van der Waals surface area contributed by atoms with Crippen LogP contribution in [-0.4, -0.2) is 35.7 Å². The minimum atomic E-state index is -0.695. The average molecular weight is 392 g/mol. The Hall–Kier alpha value is -2.65. The maximum atomic E-state index is 12.8. The summed E-state index contributed by atoms with van der Waals surface area (Å²) in [4.78, 5) is 41.7. The van der Waals surface area contributed by atoms with Crippen molar-refractivity contribution in [1.29, 1.82) is 0 Å². The third kappa shape index (κ3) is 5.18. The molecule has 0 aliphatic heterocycles. The Balaban J connectivity index is 2.44. The van der Waals surface area contributed by atoms with Crippen LogP contribution in [0, 0.1) is 0 Å². The van der Waals surface area contributed by atoms with Crippen molar-refractivity contribution in [3.63, 3.8) is 0 Å². The molecule has 2 aromatic rings. The standard InChI is InChI=1S/C18H24N4O4S/c1-3-4-9-22-16(19)15(17(24)20-18(22)25)21(10-11-26-2)14(23)8-7-13-6-5-12-27-13/h5-8,12H,3-4,9-11,19H2,1-2H3,(H,20,24,25)/b8-7+. The zero-order chi connectivity index (χ0) is 19.8. The van der Waals surface area contributed by atoms with Crippen LogP contribution >= 0.6 is 11.3 Å². The normalized spacial score (nSPS) is 11.2. The highest BCUT2D eigenvalue weighted by atomic mass is 32.1. The van der Waals surface area contributed by atoms with Crippen molar-refractivity contribution in [3.8, 4) is 0 Å². The number of unbranched alkanes of at least 4 members (excludes halogenated alkanes) is 1.